The molecule has 0 aliphatic heterocycles. The second kappa shape index (κ2) is 8.54. The fourth-order valence-corrected chi connectivity index (χ4v) is 3.69. The van der Waals surface area contributed by atoms with Crippen LogP contribution < -0.4 is 4.90 Å². The highest BCUT2D eigenvalue weighted by Gasteiger charge is 2.20. The van der Waals surface area contributed by atoms with Crippen LogP contribution in [0.25, 0.3) is 0 Å². The summed E-state index contributed by atoms with van der Waals surface area (Å²) in [6, 6.07) is 18.5. The lowest BCUT2D eigenvalue weighted by atomic mass is 10.1. The number of pyridine rings is 1. The maximum absolute atomic E-state index is 13.2. The van der Waals surface area contributed by atoms with Gasteiger partial charge in [0.15, 0.2) is 9.84 Å². The Morgan fingerprint density at radius 3 is 2.25 bits per heavy atom. The van der Waals surface area contributed by atoms with Gasteiger partial charge in [-0.15, -0.1) is 0 Å². The van der Waals surface area contributed by atoms with Gasteiger partial charge in [0.1, 0.15) is 0 Å². The SMILES string of the molecule is CCS(=O)(=O)c1ccc(C(=O)N(Cc2ccccn2)c2ccc(Cl)cc2)cc1. The molecule has 3 aromatic rings. The minimum absolute atomic E-state index is 0.0108. The average Bonchev–Trinajstić information content (AvgIpc) is 2.73. The summed E-state index contributed by atoms with van der Waals surface area (Å²) >= 11 is 5.97. The molecule has 7 heteroatoms. The molecule has 0 atom stereocenters. The number of aromatic nitrogens is 1. The molecule has 0 saturated heterocycles. The lowest BCUT2D eigenvalue weighted by Crippen LogP contribution is -2.30. The third kappa shape index (κ3) is 4.58. The predicted molar refractivity (Wildman–Crippen MR) is 110 cm³/mol. The van der Waals surface area contributed by atoms with Crippen LogP contribution in [0.5, 0.6) is 0 Å². The first-order valence-electron chi connectivity index (χ1n) is 8.71. The molecule has 0 saturated carbocycles. The van der Waals surface area contributed by atoms with E-state index in [1.54, 1.807) is 42.3 Å². The van der Waals surface area contributed by atoms with E-state index in [9.17, 15) is 13.2 Å². The minimum atomic E-state index is -3.32. The normalized spacial score (nSPS) is 11.2. The third-order valence-electron chi connectivity index (χ3n) is 4.27. The van der Waals surface area contributed by atoms with Gasteiger partial charge in [0, 0.05) is 22.5 Å². The van der Waals surface area contributed by atoms with E-state index in [1.807, 2.05) is 18.2 Å². The van der Waals surface area contributed by atoms with Crippen LogP contribution in [0.2, 0.25) is 5.02 Å². The highest BCUT2D eigenvalue weighted by molar-refractivity contribution is 7.91. The predicted octanol–water partition coefficient (Wildman–Crippen LogP) is 4.38. The number of benzene rings is 2. The molecule has 3 rings (SSSR count). The first-order valence-corrected chi connectivity index (χ1v) is 10.7. The molecule has 1 amide bonds. The highest BCUT2D eigenvalue weighted by atomic mass is 35.5. The van der Waals surface area contributed by atoms with E-state index in [-0.39, 0.29) is 23.1 Å². The van der Waals surface area contributed by atoms with Gasteiger partial charge < -0.3 is 4.90 Å². The van der Waals surface area contributed by atoms with E-state index >= 15 is 0 Å². The Balaban J connectivity index is 1.95. The number of halogens is 1. The van der Waals surface area contributed by atoms with Gasteiger partial charge >= 0.3 is 0 Å². The van der Waals surface area contributed by atoms with Gasteiger partial charge in [-0.1, -0.05) is 24.6 Å². The molecule has 28 heavy (non-hydrogen) atoms. The Labute approximate surface area is 169 Å². The van der Waals surface area contributed by atoms with Gasteiger partial charge in [-0.25, -0.2) is 8.42 Å². The van der Waals surface area contributed by atoms with Crippen molar-refractivity contribution < 1.29 is 13.2 Å². The van der Waals surface area contributed by atoms with Crippen LogP contribution in [-0.2, 0) is 16.4 Å². The van der Waals surface area contributed by atoms with Crippen LogP contribution in [0.4, 0.5) is 5.69 Å². The Bertz CT molecular complexity index is 1050. The Hall–Kier alpha value is -2.70. The van der Waals surface area contributed by atoms with E-state index in [0.29, 0.717) is 16.3 Å². The number of nitrogens with zero attached hydrogens (tertiary/aromatic N) is 2. The summed E-state index contributed by atoms with van der Waals surface area (Å²) in [4.78, 5) is 19.3. The monoisotopic (exact) mass is 414 g/mol. The van der Waals surface area contributed by atoms with Gasteiger partial charge in [-0.2, -0.15) is 0 Å². The Morgan fingerprint density at radius 1 is 1.00 bits per heavy atom. The number of carbonyl (C=O) groups is 1. The van der Waals surface area contributed by atoms with Crippen molar-refractivity contribution in [1.82, 2.24) is 4.98 Å². The van der Waals surface area contributed by atoms with Crippen LogP contribution in [0.15, 0.2) is 77.8 Å². The van der Waals surface area contributed by atoms with Crippen molar-refractivity contribution in [2.45, 2.75) is 18.4 Å². The van der Waals surface area contributed by atoms with E-state index in [1.165, 1.54) is 24.3 Å². The molecule has 0 N–H and O–H groups in total. The third-order valence-corrected chi connectivity index (χ3v) is 6.27. The first kappa shape index (κ1) is 20.0. The first-order chi connectivity index (χ1) is 13.4. The fraction of sp³-hybridized carbons (Fsp3) is 0.143. The topological polar surface area (TPSA) is 67.3 Å². The van der Waals surface area contributed by atoms with E-state index in [2.05, 4.69) is 4.98 Å². The van der Waals surface area contributed by atoms with Crippen molar-refractivity contribution in [1.29, 1.82) is 0 Å². The zero-order chi connectivity index (χ0) is 20.1. The second-order valence-electron chi connectivity index (χ2n) is 6.12. The Kier molecular flexibility index (Phi) is 6.11. The fourth-order valence-electron chi connectivity index (χ4n) is 2.68. The summed E-state index contributed by atoms with van der Waals surface area (Å²) in [6.07, 6.45) is 1.67. The van der Waals surface area contributed by atoms with E-state index in [4.69, 9.17) is 11.6 Å². The van der Waals surface area contributed by atoms with Crippen LogP contribution in [0, 0.1) is 0 Å². The summed E-state index contributed by atoms with van der Waals surface area (Å²) in [5.74, 6) is -0.245. The van der Waals surface area contributed by atoms with Gasteiger partial charge in [-0.3, -0.25) is 9.78 Å². The lowest BCUT2D eigenvalue weighted by molar-refractivity contribution is 0.0984. The van der Waals surface area contributed by atoms with Crippen molar-refractivity contribution in [3.63, 3.8) is 0 Å². The molecule has 0 unspecified atom stereocenters. The maximum Gasteiger partial charge on any atom is 0.258 e. The highest BCUT2D eigenvalue weighted by Crippen LogP contribution is 2.23. The zero-order valence-corrected chi connectivity index (χ0v) is 16.8. The molecule has 0 bridgehead atoms. The molecule has 0 spiro atoms. The standard InChI is InChI=1S/C21H19ClN2O3S/c1-2-28(26,27)20-12-6-16(7-13-20)21(25)24(15-18-5-3-4-14-23-18)19-10-8-17(22)9-11-19/h3-14H,2,15H2,1H3. The molecular formula is C21H19ClN2O3S. The number of amides is 1. The number of hydrogen-bond acceptors (Lipinski definition) is 4. The summed E-state index contributed by atoms with van der Waals surface area (Å²) in [5.41, 5.74) is 1.79. The maximum atomic E-state index is 13.2. The summed E-state index contributed by atoms with van der Waals surface area (Å²) in [7, 11) is -3.32. The molecule has 0 aliphatic carbocycles. The number of carbonyl (C=O) groups excluding carboxylic acids is 1. The molecule has 0 radical (unpaired) electrons. The van der Waals surface area contributed by atoms with Crippen molar-refractivity contribution in [2.75, 3.05) is 10.7 Å². The lowest BCUT2D eigenvalue weighted by Gasteiger charge is -2.23. The van der Waals surface area contributed by atoms with Gasteiger partial charge in [0.05, 0.1) is 22.9 Å². The molecular weight excluding hydrogens is 396 g/mol. The summed E-state index contributed by atoms with van der Waals surface area (Å²) < 4.78 is 24.0. The van der Waals surface area contributed by atoms with Crippen LogP contribution in [-0.4, -0.2) is 25.1 Å². The summed E-state index contributed by atoms with van der Waals surface area (Å²) in [6.45, 7) is 1.86. The molecule has 0 aliphatic rings. The molecule has 2 aromatic carbocycles. The molecule has 144 valence electrons. The van der Waals surface area contributed by atoms with Crippen molar-refractivity contribution in [3.8, 4) is 0 Å². The molecule has 0 fully saturated rings. The molecule has 5 nitrogen and oxygen atoms in total. The number of sulfone groups is 1. The Morgan fingerprint density at radius 2 is 1.68 bits per heavy atom. The van der Waals surface area contributed by atoms with E-state index < -0.39 is 9.84 Å². The van der Waals surface area contributed by atoms with Crippen molar-refractivity contribution in [2.24, 2.45) is 0 Å². The largest absolute Gasteiger partial charge is 0.302 e. The van der Waals surface area contributed by atoms with Gasteiger partial charge in [0.2, 0.25) is 0 Å². The zero-order valence-electron chi connectivity index (χ0n) is 15.2. The van der Waals surface area contributed by atoms with Gasteiger partial charge in [-0.05, 0) is 60.7 Å². The van der Waals surface area contributed by atoms with Crippen LogP contribution in [0.1, 0.15) is 23.0 Å². The van der Waals surface area contributed by atoms with Crippen LogP contribution >= 0.6 is 11.6 Å². The number of hydrogen-bond donors (Lipinski definition) is 0. The minimum Gasteiger partial charge on any atom is -0.302 e. The molecule has 1 aromatic heterocycles. The number of rotatable bonds is 6. The number of anilines is 1. The second-order valence-corrected chi connectivity index (χ2v) is 8.83. The van der Waals surface area contributed by atoms with Crippen molar-refractivity contribution in [3.05, 3.63) is 89.2 Å². The van der Waals surface area contributed by atoms with Gasteiger partial charge in [0.25, 0.3) is 5.91 Å². The average molecular weight is 415 g/mol. The quantitative estimate of drug-likeness (QED) is 0.600. The van der Waals surface area contributed by atoms with E-state index in [0.717, 1.165) is 5.69 Å². The summed E-state index contributed by atoms with van der Waals surface area (Å²) in [5, 5.41) is 0.572. The van der Waals surface area contributed by atoms with Crippen molar-refractivity contribution >= 4 is 33.0 Å². The smallest absolute Gasteiger partial charge is 0.258 e. The molecule has 1 heterocycles. The van der Waals surface area contributed by atoms with Crippen LogP contribution in [0.3, 0.4) is 0 Å².